The fourth-order valence-corrected chi connectivity index (χ4v) is 3.87. The number of hydrogen-bond acceptors (Lipinski definition) is 3. The number of benzene rings is 1. The summed E-state index contributed by atoms with van der Waals surface area (Å²) in [5.74, 6) is 0.854. The third-order valence-electron chi connectivity index (χ3n) is 4.91. The fourth-order valence-electron chi connectivity index (χ4n) is 3.57. The minimum absolute atomic E-state index is 0.0133. The van der Waals surface area contributed by atoms with Crippen molar-refractivity contribution in [2.45, 2.75) is 18.6 Å². The maximum absolute atomic E-state index is 5.70. The van der Waals surface area contributed by atoms with Crippen LogP contribution in [0.5, 0.6) is 5.75 Å². The van der Waals surface area contributed by atoms with Crippen LogP contribution >= 0.6 is 12.2 Å². The van der Waals surface area contributed by atoms with Gasteiger partial charge in [-0.05, 0) is 53.7 Å². The second-order valence-corrected chi connectivity index (χ2v) is 7.10. The quantitative estimate of drug-likeness (QED) is 0.687. The maximum Gasteiger partial charge on any atom is 0.170 e. The highest BCUT2D eigenvalue weighted by Crippen LogP contribution is 2.39. The van der Waals surface area contributed by atoms with E-state index in [1.165, 1.54) is 11.1 Å². The third kappa shape index (κ3) is 3.53. The van der Waals surface area contributed by atoms with Crippen molar-refractivity contribution in [3.63, 3.8) is 0 Å². The zero-order chi connectivity index (χ0) is 18.8. The summed E-state index contributed by atoms with van der Waals surface area (Å²) in [5, 5.41) is 4.23. The number of ether oxygens (including phenoxy) is 1. The van der Waals surface area contributed by atoms with Crippen molar-refractivity contribution >= 4 is 17.3 Å². The molecule has 2 unspecified atom stereocenters. The Morgan fingerprint density at radius 2 is 1.96 bits per heavy atom. The van der Waals surface area contributed by atoms with Gasteiger partial charge in [-0.3, -0.25) is 4.98 Å². The van der Waals surface area contributed by atoms with E-state index in [0.29, 0.717) is 0 Å². The molecule has 3 aromatic rings. The molecule has 2 atom stereocenters. The van der Waals surface area contributed by atoms with E-state index in [1.807, 2.05) is 43.6 Å². The van der Waals surface area contributed by atoms with E-state index >= 15 is 0 Å². The highest BCUT2D eigenvalue weighted by Gasteiger charge is 2.39. The van der Waals surface area contributed by atoms with Crippen LogP contribution in [0.4, 0.5) is 0 Å². The lowest BCUT2D eigenvalue weighted by atomic mass is 9.98. The SMILES string of the molecule is COc1ccc(CN2C(=S)NC(c3ccccn3)C2c2ccn(C)c2)cc1. The zero-order valence-electron chi connectivity index (χ0n) is 15.4. The zero-order valence-corrected chi connectivity index (χ0v) is 16.2. The van der Waals surface area contributed by atoms with Gasteiger partial charge in [-0.2, -0.15) is 0 Å². The molecule has 0 bridgehead atoms. The molecule has 1 N–H and O–H groups in total. The second kappa shape index (κ2) is 7.40. The number of thiocarbonyl (C=S) groups is 1. The average molecular weight is 379 g/mol. The number of nitrogens with zero attached hydrogens (tertiary/aromatic N) is 3. The monoisotopic (exact) mass is 378 g/mol. The first-order chi connectivity index (χ1) is 13.2. The van der Waals surface area contributed by atoms with Crippen LogP contribution in [0.2, 0.25) is 0 Å². The molecular weight excluding hydrogens is 356 g/mol. The highest BCUT2D eigenvalue weighted by molar-refractivity contribution is 7.80. The summed E-state index contributed by atoms with van der Waals surface area (Å²) in [5.41, 5.74) is 3.39. The van der Waals surface area contributed by atoms with Crippen molar-refractivity contribution in [1.82, 2.24) is 19.8 Å². The van der Waals surface area contributed by atoms with Gasteiger partial charge in [-0.15, -0.1) is 0 Å². The first-order valence-corrected chi connectivity index (χ1v) is 9.29. The van der Waals surface area contributed by atoms with Crippen LogP contribution in [0, 0.1) is 0 Å². The fraction of sp³-hybridized carbons (Fsp3) is 0.238. The van der Waals surface area contributed by atoms with Crippen LogP contribution in [0.15, 0.2) is 67.1 Å². The van der Waals surface area contributed by atoms with Crippen LogP contribution in [0.25, 0.3) is 0 Å². The summed E-state index contributed by atoms with van der Waals surface area (Å²) in [6.45, 7) is 0.721. The first-order valence-electron chi connectivity index (χ1n) is 8.88. The van der Waals surface area contributed by atoms with Crippen LogP contribution in [-0.4, -0.2) is 26.7 Å². The number of rotatable bonds is 5. The minimum atomic E-state index is 0.0133. The largest absolute Gasteiger partial charge is 0.497 e. The van der Waals surface area contributed by atoms with Crippen LogP contribution < -0.4 is 10.1 Å². The average Bonchev–Trinajstić information content (AvgIpc) is 3.26. The molecule has 3 heterocycles. The Bertz CT molecular complexity index is 923. The normalized spacial score (nSPS) is 19.2. The molecule has 0 aliphatic carbocycles. The Kier molecular flexibility index (Phi) is 4.81. The number of pyridine rings is 1. The van der Waals surface area contributed by atoms with E-state index in [9.17, 15) is 0 Å². The molecule has 0 radical (unpaired) electrons. The molecular formula is C21H22N4OS. The van der Waals surface area contributed by atoms with Gasteiger partial charge in [0.05, 0.1) is 24.9 Å². The summed E-state index contributed by atoms with van der Waals surface area (Å²) < 4.78 is 7.33. The Hall–Kier alpha value is -2.86. The second-order valence-electron chi connectivity index (χ2n) is 6.71. The van der Waals surface area contributed by atoms with Crippen molar-refractivity contribution < 1.29 is 4.74 Å². The molecule has 6 heteroatoms. The summed E-state index contributed by atoms with van der Waals surface area (Å²) in [7, 11) is 3.71. The molecule has 0 amide bonds. The predicted octanol–water partition coefficient (Wildman–Crippen LogP) is 3.60. The van der Waals surface area contributed by atoms with Crippen molar-refractivity contribution in [3.05, 3.63) is 83.9 Å². The summed E-state index contributed by atoms with van der Waals surface area (Å²) >= 11 is 5.70. The van der Waals surface area contributed by atoms with Gasteiger partial charge in [0, 0.05) is 32.2 Å². The highest BCUT2D eigenvalue weighted by atomic mass is 32.1. The minimum Gasteiger partial charge on any atom is -0.497 e. The van der Waals surface area contributed by atoms with Crippen molar-refractivity contribution in [3.8, 4) is 5.75 Å². The van der Waals surface area contributed by atoms with Crippen LogP contribution in [0.3, 0.4) is 0 Å². The lowest BCUT2D eigenvalue weighted by Crippen LogP contribution is -2.29. The number of nitrogens with one attached hydrogen (secondary N) is 1. The number of aryl methyl sites for hydroxylation is 1. The topological polar surface area (TPSA) is 42.3 Å². The molecule has 0 saturated carbocycles. The van der Waals surface area contributed by atoms with Gasteiger partial charge in [0.15, 0.2) is 5.11 Å². The third-order valence-corrected chi connectivity index (χ3v) is 5.26. The lowest BCUT2D eigenvalue weighted by Gasteiger charge is -2.27. The van der Waals surface area contributed by atoms with Crippen LogP contribution in [0.1, 0.15) is 28.9 Å². The molecule has 138 valence electrons. The Morgan fingerprint density at radius 3 is 2.59 bits per heavy atom. The molecule has 5 nitrogen and oxygen atoms in total. The van der Waals surface area contributed by atoms with Gasteiger partial charge < -0.3 is 19.5 Å². The Balaban J connectivity index is 1.68. The van der Waals surface area contributed by atoms with Crippen LogP contribution in [-0.2, 0) is 13.6 Å². The van der Waals surface area contributed by atoms with E-state index in [2.05, 4.69) is 50.4 Å². The molecule has 27 heavy (non-hydrogen) atoms. The molecule has 0 spiro atoms. The summed E-state index contributed by atoms with van der Waals surface area (Å²) in [6.07, 6.45) is 6.04. The van der Waals surface area contributed by atoms with E-state index < -0.39 is 0 Å². The smallest absolute Gasteiger partial charge is 0.170 e. The van der Waals surface area contributed by atoms with Gasteiger partial charge in [0.25, 0.3) is 0 Å². The maximum atomic E-state index is 5.70. The Labute approximate surface area is 164 Å². The first kappa shape index (κ1) is 17.5. The molecule has 1 aliphatic heterocycles. The predicted molar refractivity (Wildman–Crippen MR) is 109 cm³/mol. The van der Waals surface area contributed by atoms with Gasteiger partial charge in [-0.25, -0.2) is 0 Å². The van der Waals surface area contributed by atoms with Crippen molar-refractivity contribution in [2.24, 2.45) is 7.05 Å². The Morgan fingerprint density at radius 1 is 1.15 bits per heavy atom. The standard InChI is InChI=1S/C21H22N4OS/c1-24-12-10-16(14-24)20-19(18-5-3-4-11-22-18)23-21(27)25(20)13-15-6-8-17(26-2)9-7-15/h3-12,14,19-20H,13H2,1-2H3,(H,23,27). The molecule has 1 aromatic carbocycles. The molecule has 4 rings (SSSR count). The van der Waals surface area contributed by atoms with Gasteiger partial charge in [0.2, 0.25) is 0 Å². The van der Waals surface area contributed by atoms with Crippen molar-refractivity contribution in [1.29, 1.82) is 0 Å². The van der Waals surface area contributed by atoms with E-state index in [4.69, 9.17) is 17.0 Å². The molecule has 1 aliphatic rings. The van der Waals surface area contributed by atoms with E-state index in [-0.39, 0.29) is 12.1 Å². The number of aromatic nitrogens is 2. The molecule has 2 aromatic heterocycles. The van der Waals surface area contributed by atoms with Gasteiger partial charge in [-0.1, -0.05) is 18.2 Å². The summed E-state index contributed by atoms with van der Waals surface area (Å²) in [4.78, 5) is 6.81. The van der Waals surface area contributed by atoms with E-state index in [1.54, 1.807) is 7.11 Å². The molecule has 1 saturated heterocycles. The summed E-state index contributed by atoms with van der Waals surface area (Å²) in [6, 6.07) is 16.4. The van der Waals surface area contributed by atoms with Gasteiger partial charge in [0.1, 0.15) is 5.75 Å². The number of methoxy groups -OCH3 is 1. The number of hydrogen-bond donors (Lipinski definition) is 1. The van der Waals surface area contributed by atoms with E-state index in [0.717, 1.165) is 23.1 Å². The van der Waals surface area contributed by atoms with Gasteiger partial charge >= 0.3 is 0 Å². The van der Waals surface area contributed by atoms with Crippen molar-refractivity contribution in [2.75, 3.05) is 7.11 Å². The molecule has 1 fully saturated rings. The lowest BCUT2D eigenvalue weighted by molar-refractivity contribution is 0.311.